The minimum atomic E-state index is -1.22. The van der Waals surface area contributed by atoms with Crippen molar-refractivity contribution >= 4 is 5.97 Å². The number of benzene rings is 1. The minimum absolute atomic E-state index is 0.195. The average molecular weight is 275 g/mol. The molecule has 20 heavy (non-hydrogen) atoms. The van der Waals surface area contributed by atoms with E-state index in [-0.39, 0.29) is 12.6 Å². The van der Waals surface area contributed by atoms with Crippen LogP contribution in [0.1, 0.15) is 25.8 Å². The zero-order chi connectivity index (χ0) is 14.8. The SMILES string of the molecule is CC(C)(O)[C@]1(C(=O)OCc2ccccc2)C=C[C@@H](N)C1. The van der Waals surface area contributed by atoms with Gasteiger partial charge in [-0.15, -0.1) is 0 Å². The second-order valence-corrected chi connectivity index (χ2v) is 5.82. The van der Waals surface area contributed by atoms with Gasteiger partial charge in [0.05, 0.1) is 5.60 Å². The van der Waals surface area contributed by atoms with E-state index in [0.29, 0.717) is 6.42 Å². The third-order valence-corrected chi connectivity index (χ3v) is 3.85. The first-order valence-corrected chi connectivity index (χ1v) is 6.74. The Hall–Kier alpha value is -1.65. The van der Waals surface area contributed by atoms with Crippen LogP contribution in [0.3, 0.4) is 0 Å². The van der Waals surface area contributed by atoms with Crippen molar-refractivity contribution in [3.63, 3.8) is 0 Å². The highest BCUT2D eigenvalue weighted by Gasteiger charge is 2.52. The smallest absolute Gasteiger partial charge is 0.319 e. The third-order valence-electron chi connectivity index (χ3n) is 3.85. The Labute approximate surface area is 119 Å². The normalized spacial score (nSPS) is 25.7. The average Bonchev–Trinajstić information content (AvgIpc) is 2.80. The summed E-state index contributed by atoms with van der Waals surface area (Å²) in [6, 6.07) is 9.23. The molecule has 0 saturated heterocycles. The Balaban J connectivity index is 2.11. The van der Waals surface area contributed by atoms with E-state index in [4.69, 9.17) is 10.5 Å². The van der Waals surface area contributed by atoms with E-state index in [1.165, 1.54) is 0 Å². The molecular formula is C16H21NO3. The predicted molar refractivity (Wildman–Crippen MR) is 76.7 cm³/mol. The molecule has 1 aliphatic rings. The number of ether oxygens (including phenoxy) is 1. The van der Waals surface area contributed by atoms with E-state index in [2.05, 4.69) is 0 Å². The van der Waals surface area contributed by atoms with Crippen LogP contribution in [0, 0.1) is 5.41 Å². The Morgan fingerprint density at radius 2 is 2.10 bits per heavy atom. The lowest BCUT2D eigenvalue weighted by Crippen LogP contribution is -2.49. The summed E-state index contributed by atoms with van der Waals surface area (Å²) < 4.78 is 5.38. The van der Waals surface area contributed by atoms with E-state index in [1.54, 1.807) is 26.0 Å². The van der Waals surface area contributed by atoms with Crippen LogP contribution >= 0.6 is 0 Å². The molecule has 0 fully saturated rings. The number of carbonyl (C=O) groups excluding carboxylic acids is 1. The maximum Gasteiger partial charge on any atom is 0.319 e. The van der Waals surface area contributed by atoms with Crippen molar-refractivity contribution < 1.29 is 14.6 Å². The van der Waals surface area contributed by atoms with Gasteiger partial charge >= 0.3 is 5.97 Å². The molecule has 0 unspecified atom stereocenters. The fourth-order valence-corrected chi connectivity index (χ4v) is 2.50. The van der Waals surface area contributed by atoms with E-state index in [1.807, 2.05) is 30.3 Å². The summed E-state index contributed by atoms with van der Waals surface area (Å²) in [5.41, 5.74) is 4.48. The molecule has 4 nitrogen and oxygen atoms in total. The summed E-state index contributed by atoms with van der Waals surface area (Å²) in [5.74, 6) is -0.432. The van der Waals surface area contributed by atoms with Crippen LogP contribution in [-0.2, 0) is 16.1 Å². The van der Waals surface area contributed by atoms with Crippen molar-refractivity contribution in [3.8, 4) is 0 Å². The van der Waals surface area contributed by atoms with Crippen molar-refractivity contribution in [1.82, 2.24) is 0 Å². The van der Waals surface area contributed by atoms with Gasteiger partial charge in [0.2, 0.25) is 0 Å². The van der Waals surface area contributed by atoms with Gasteiger partial charge < -0.3 is 15.6 Å². The molecule has 4 heteroatoms. The van der Waals surface area contributed by atoms with Crippen LogP contribution in [0.2, 0.25) is 0 Å². The first kappa shape index (κ1) is 14.8. The van der Waals surface area contributed by atoms with Crippen LogP contribution in [0.5, 0.6) is 0 Å². The fraction of sp³-hybridized carbons (Fsp3) is 0.438. The van der Waals surface area contributed by atoms with Gasteiger partial charge in [0.25, 0.3) is 0 Å². The second-order valence-electron chi connectivity index (χ2n) is 5.82. The van der Waals surface area contributed by atoms with Crippen molar-refractivity contribution in [2.24, 2.45) is 11.1 Å². The van der Waals surface area contributed by atoms with Gasteiger partial charge in [-0.25, -0.2) is 0 Å². The Morgan fingerprint density at radius 1 is 1.45 bits per heavy atom. The highest BCUT2D eigenvalue weighted by Crippen LogP contribution is 2.42. The van der Waals surface area contributed by atoms with Gasteiger partial charge in [0.1, 0.15) is 12.0 Å². The minimum Gasteiger partial charge on any atom is -0.460 e. The van der Waals surface area contributed by atoms with Crippen molar-refractivity contribution in [3.05, 3.63) is 48.0 Å². The Bertz CT molecular complexity index is 504. The molecule has 2 rings (SSSR count). The number of hydrogen-bond donors (Lipinski definition) is 2. The molecule has 1 aromatic carbocycles. The van der Waals surface area contributed by atoms with Crippen molar-refractivity contribution in [1.29, 1.82) is 0 Å². The molecule has 108 valence electrons. The highest BCUT2D eigenvalue weighted by molar-refractivity contribution is 5.81. The maximum absolute atomic E-state index is 12.4. The molecule has 0 saturated carbocycles. The van der Waals surface area contributed by atoms with Gasteiger partial charge in [0.15, 0.2) is 0 Å². The summed E-state index contributed by atoms with van der Waals surface area (Å²) in [7, 11) is 0. The summed E-state index contributed by atoms with van der Waals surface area (Å²) in [5, 5.41) is 10.3. The lowest BCUT2D eigenvalue weighted by atomic mass is 9.73. The lowest BCUT2D eigenvalue weighted by molar-refractivity contribution is -0.167. The predicted octanol–water partition coefficient (Wildman–Crippen LogP) is 1.77. The van der Waals surface area contributed by atoms with Gasteiger partial charge in [-0.05, 0) is 25.8 Å². The van der Waals surface area contributed by atoms with Crippen molar-refractivity contribution in [2.75, 3.05) is 0 Å². The van der Waals surface area contributed by atoms with Crippen LogP contribution in [0.25, 0.3) is 0 Å². The van der Waals surface area contributed by atoms with Crippen LogP contribution < -0.4 is 5.73 Å². The van der Waals surface area contributed by atoms with E-state index < -0.39 is 17.0 Å². The number of hydrogen-bond acceptors (Lipinski definition) is 4. The van der Waals surface area contributed by atoms with E-state index in [0.717, 1.165) is 5.56 Å². The monoisotopic (exact) mass is 275 g/mol. The molecule has 0 radical (unpaired) electrons. The van der Waals surface area contributed by atoms with Gasteiger partial charge in [-0.1, -0.05) is 42.5 Å². The molecule has 2 atom stereocenters. The van der Waals surface area contributed by atoms with E-state index >= 15 is 0 Å². The quantitative estimate of drug-likeness (QED) is 0.649. The standard InChI is InChI=1S/C16H21NO3/c1-15(2,19)16(9-8-13(17)10-16)14(18)20-11-12-6-4-3-5-7-12/h3-9,13,19H,10-11,17H2,1-2H3/t13-,16-/m1/s1. The molecule has 0 bridgehead atoms. The second kappa shape index (κ2) is 5.38. The summed E-state index contributed by atoms with van der Waals surface area (Å²) in [6.45, 7) is 3.42. The highest BCUT2D eigenvalue weighted by atomic mass is 16.5. The molecule has 3 N–H and O–H groups in total. The largest absolute Gasteiger partial charge is 0.460 e. The molecule has 1 aliphatic carbocycles. The van der Waals surface area contributed by atoms with Crippen molar-refractivity contribution in [2.45, 2.75) is 38.5 Å². The molecule has 0 amide bonds. The molecule has 0 spiro atoms. The van der Waals surface area contributed by atoms with Crippen LogP contribution in [-0.4, -0.2) is 22.7 Å². The Morgan fingerprint density at radius 3 is 2.60 bits per heavy atom. The number of esters is 1. The fourth-order valence-electron chi connectivity index (χ4n) is 2.50. The number of carbonyl (C=O) groups is 1. The first-order valence-electron chi connectivity index (χ1n) is 6.74. The van der Waals surface area contributed by atoms with Crippen LogP contribution in [0.4, 0.5) is 0 Å². The summed E-state index contributed by atoms with van der Waals surface area (Å²) in [4.78, 5) is 12.4. The molecule has 0 aromatic heterocycles. The number of nitrogens with two attached hydrogens (primary N) is 1. The third kappa shape index (κ3) is 2.76. The first-order chi connectivity index (χ1) is 9.35. The Kier molecular flexibility index (Phi) is 3.97. The van der Waals surface area contributed by atoms with Gasteiger partial charge in [-0.2, -0.15) is 0 Å². The molecular weight excluding hydrogens is 254 g/mol. The van der Waals surface area contributed by atoms with Gasteiger partial charge in [-0.3, -0.25) is 4.79 Å². The number of rotatable bonds is 4. The topological polar surface area (TPSA) is 72.5 Å². The molecule has 0 aliphatic heterocycles. The maximum atomic E-state index is 12.4. The summed E-state index contributed by atoms with van der Waals surface area (Å²) in [6.07, 6.45) is 3.80. The lowest BCUT2D eigenvalue weighted by Gasteiger charge is -2.37. The zero-order valence-electron chi connectivity index (χ0n) is 11.9. The van der Waals surface area contributed by atoms with E-state index in [9.17, 15) is 9.90 Å². The summed E-state index contributed by atoms with van der Waals surface area (Å²) >= 11 is 0. The zero-order valence-corrected chi connectivity index (χ0v) is 11.9. The number of aliphatic hydroxyl groups is 1. The molecule has 1 aromatic rings. The molecule has 0 heterocycles. The van der Waals surface area contributed by atoms with Crippen LogP contribution in [0.15, 0.2) is 42.5 Å². The van der Waals surface area contributed by atoms with Gasteiger partial charge in [0, 0.05) is 6.04 Å².